The van der Waals surface area contributed by atoms with Crippen LogP contribution in [0.15, 0.2) is 36.5 Å². The lowest BCUT2D eigenvalue weighted by Crippen LogP contribution is -2.41. The summed E-state index contributed by atoms with van der Waals surface area (Å²) in [7, 11) is 0. The Balaban J connectivity index is 1.55. The van der Waals surface area contributed by atoms with E-state index in [1.165, 1.54) is 0 Å². The molecule has 0 N–H and O–H groups in total. The molecule has 1 aromatic carbocycles. The fourth-order valence-electron chi connectivity index (χ4n) is 3.24. The molecule has 1 aliphatic heterocycles. The van der Waals surface area contributed by atoms with Crippen LogP contribution in [0.5, 0.6) is 0 Å². The summed E-state index contributed by atoms with van der Waals surface area (Å²) in [5.41, 5.74) is 1.76. The van der Waals surface area contributed by atoms with Crippen molar-refractivity contribution in [3.05, 3.63) is 36.5 Å². The van der Waals surface area contributed by atoms with Crippen molar-refractivity contribution in [2.24, 2.45) is 5.92 Å². The van der Waals surface area contributed by atoms with Crippen LogP contribution in [0.2, 0.25) is 0 Å². The van der Waals surface area contributed by atoms with Gasteiger partial charge in [0.2, 0.25) is 5.91 Å². The summed E-state index contributed by atoms with van der Waals surface area (Å²) in [6, 6.07) is 9.70. The van der Waals surface area contributed by atoms with Gasteiger partial charge in [-0.1, -0.05) is 35.5 Å². The van der Waals surface area contributed by atoms with E-state index in [-0.39, 0.29) is 5.92 Å². The number of hydrogen-bond donors (Lipinski definition) is 0. The van der Waals surface area contributed by atoms with Gasteiger partial charge in [-0.05, 0) is 18.8 Å². The first-order valence-electron chi connectivity index (χ1n) is 8.71. The maximum atomic E-state index is 12.3. The molecular formula is C18H21F3N4O. The highest BCUT2D eigenvalue weighted by atomic mass is 19.4. The first-order valence-corrected chi connectivity index (χ1v) is 8.71. The number of rotatable bonds is 5. The summed E-state index contributed by atoms with van der Waals surface area (Å²) in [6.07, 6.45) is -2.25. The zero-order valence-corrected chi connectivity index (χ0v) is 14.3. The van der Waals surface area contributed by atoms with E-state index >= 15 is 0 Å². The van der Waals surface area contributed by atoms with Gasteiger partial charge in [0.15, 0.2) is 0 Å². The Kier molecular flexibility index (Phi) is 5.58. The molecule has 1 aliphatic rings. The number of hydrogen-bond acceptors (Lipinski definition) is 3. The van der Waals surface area contributed by atoms with Crippen LogP contribution >= 0.6 is 0 Å². The largest absolute Gasteiger partial charge is 0.389 e. The molecule has 0 spiro atoms. The fourth-order valence-corrected chi connectivity index (χ4v) is 3.24. The predicted molar refractivity (Wildman–Crippen MR) is 90.1 cm³/mol. The van der Waals surface area contributed by atoms with Crippen molar-refractivity contribution < 1.29 is 18.0 Å². The second kappa shape index (κ2) is 7.88. The van der Waals surface area contributed by atoms with Crippen LogP contribution in [0.25, 0.3) is 11.3 Å². The van der Waals surface area contributed by atoms with Crippen molar-refractivity contribution >= 4 is 5.91 Å². The Labute approximate surface area is 149 Å². The second-order valence-electron chi connectivity index (χ2n) is 6.66. The number of aromatic nitrogens is 3. The normalized spacial score (nSPS) is 18.1. The molecule has 0 saturated carbocycles. The summed E-state index contributed by atoms with van der Waals surface area (Å²) in [6.45, 7) is 1.60. The molecule has 3 rings (SSSR count). The average Bonchev–Trinajstić information content (AvgIpc) is 3.08. The van der Waals surface area contributed by atoms with Gasteiger partial charge in [0.05, 0.1) is 12.6 Å². The van der Waals surface area contributed by atoms with Crippen LogP contribution in [0.3, 0.4) is 0 Å². The maximum Gasteiger partial charge on any atom is 0.389 e. The molecule has 0 radical (unpaired) electrons. The van der Waals surface area contributed by atoms with E-state index in [1.54, 1.807) is 9.58 Å². The number of carbonyl (C=O) groups is 1. The van der Waals surface area contributed by atoms with Crippen LogP contribution in [0, 0.1) is 5.92 Å². The van der Waals surface area contributed by atoms with Crippen LogP contribution in [-0.4, -0.2) is 45.1 Å². The van der Waals surface area contributed by atoms with Crippen molar-refractivity contribution in [2.75, 3.05) is 13.1 Å². The monoisotopic (exact) mass is 366 g/mol. The van der Waals surface area contributed by atoms with Crippen molar-refractivity contribution in [3.63, 3.8) is 0 Å². The van der Waals surface area contributed by atoms with Gasteiger partial charge in [0.1, 0.15) is 5.69 Å². The van der Waals surface area contributed by atoms with Crippen LogP contribution in [0.1, 0.15) is 25.7 Å². The molecule has 26 heavy (non-hydrogen) atoms. The van der Waals surface area contributed by atoms with Gasteiger partial charge in [0.25, 0.3) is 0 Å². The molecule has 5 nitrogen and oxygen atoms in total. The Hall–Kier alpha value is -2.38. The Morgan fingerprint density at radius 3 is 2.73 bits per heavy atom. The zero-order chi connectivity index (χ0) is 18.6. The van der Waals surface area contributed by atoms with Gasteiger partial charge < -0.3 is 4.90 Å². The van der Waals surface area contributed by atoms with E-state index in [0.29, 0.717) is 19.6 Å². The summed E-state index contributed by atoms with van der Waals surface area (Å²) < 4.78 is 38.6. The number of piperidine rings is 1. The highest BCUT2D eigenvalue weighted by Gasteiger charge is 2.30. The summed E-state index contributed by atoms with van der Waals surface area (Å²) in [5.74, 6) is -0.250. The number of carbonyl (C=O) groups excluding carboxylic acids is 1. The topological polar surface area (TPSA) is 51.0 Å². The van der Waals surface area contributed by atoms with E-state index in [1.807, 2.05) is 36.5 Å². The Morgan fingerprint density at radius 1 is 1.23 bits per heavy atom. The van der Waals surface area contributed by atoms with Crippen LogP contribution in [-0.2, 0) is 11.3 Å². The molecule has 1 saturated heterocycles. The molecule has 1 aromatic heterocycles. The van der Waals surface area contributed by atoms with Gasteiger partial charge in [-0.15, -0.1) is 5.10 Å². The van der Waals surface area contributed by atoms with Crippen molar-refractivity contribution in [1.29, 1.82) is 0 Å². The summed E-state index contributed by atoms with van der Waals surface area (Å²) >= 11 is 0. The highest BCUT2D eigenvalue weighted by molar-refractivity contribution is 5.76. The SMILES string of the molecule is O=C(CCC(F)(F)F)N1CCC[C@@H](Cn2cc(-c3ccccc3)nn2)C1. The molecule has 0 aliphatic carbocycles. The smallest absolute Gasteiger partial charge is 0.342 e. The molecule has 0 bridgehead atoms. The minimum absolute atomic E-state index is 0.170. The van der Waals surface area contributed by atoms with Gasteiger partial charge in [-0.2, -0.15) is 13.2 Å². The zero-order valence-electron chi connectivity index (χ0n) is 14.3. The average molecular weight is 366 g/mol. The number of likely N-dealkylation sites (tertiary alicyclic amines) is 1. The highest BCUT2D eigenvalue weighted by Crippen LogP contribution is 2.24. The molecule has 8 heteroatoms. The molecule has 1 amide bonds. The van der Waals surface area contributed by atoms with E-state index in [9.17, 15) is 18.0 Å². The van der Waals surface area contributed by atoms with Crippen LogP contribution in [0.4, 0.5) is 13.2 Å². The first kappa shape index (κ1) is 18.4. The van der Waals surface area contributed by atoms with Gasteiger partial charge in [0, 0.05) is 31.6 Å². The number of halogens is 3. The van der Waals surface area contributed by atoms with E-state index in [4.69, 9.17) is 0 Å². The quantitative estimate of drug-likeness (QED) is 0.814. The Morgan fingerprint density at radius 2 is 2.00 bits per heavy atom. The molecule has 1 atom stereocenters. The van der Waals surface area contributed by atoms with Gasteiger partial charge in [-0.25, -0.2) is 0 Å². The first-order chi connectivity index (χ1) is 12.4. The number of benzene rings is 1. The molecule has 140 valence electrons. The van der Waals surface area contributed by atoms with Crippen LogP contribution < -0.4 is 0 Å². The molecular weight excluding hydrogens is 345 g/mol. The van der Waals surface area contributed by atoms with Gasteiger partial charge >= 0.3 is 6.18 Å². The minimum Gasteiger partial charge on any atom is -0.342 e. The maximum absolute atomic E-state index is 12.3. The minimum atomic E-state index is -4.29. The number of alkyl halides is 3. The third-order valence-electron chi connectivity index (χ3n) is 4.55. The standard InChI is InChI=1S/C18H21F3N4O/c19-18(20,21)9-8-17(26)24-10-4-5-14(11-24)12-25-13-16(22-23-25)15-6-2-1-3-7-15/h1-3,6-7,13-14H,4-5,8-12H2/t14-/m1/s1. The molecule has 0 unspecified atom stereocenters. The predicted octanol–water partition coefficient (Wildman–Crippen LogP) is 3.53. The molecule has 2 aromatic rings. The Bertz CT molecular complexity index is 730. The van der Waals surface area contributed by atoms with E-state index in [2.05, 4.69) is 10.3 Å². The molecule has 1 fully saturated rings. The lowest BCUT2D eigenvalue weighted by molar-refractivity contribution is -0.150. The third kappa shape index (κ3) is 5.06. The van der Waals surface area contributed by atoms with E-state index in [0.717, 1.165) is 24.1 Å². The van der Waals surface area contributed by atoms with Crippen molar-refractivity contribution in [1.82, 2.24) is 19.9 Å². The summed E-state index contributed by atoms with van der Waals surface area (Å²) in [4.78, 5) is 13.6. The van der Waals surface area contributed by atoms with E-state index < -0.39 is 24.9 Å². The third-order valence-corrected chi connectivity index (χ3v) is 4.55. The fraction of sp³-hybridized carbons (Fsp3) is 0.500. The number of nitrogens with zero attached hydrogens (tertiary/aromatic N) is 4. The molecule has 2 heterocycles. The van der Waals surface area contributed by atoms with Crippen molar-refractivity contribution in [3.8, 4) is 11.3 Å². The lowest BCUT2D eigenvalue weighted by Gasteiger charge is -2.32. The second-order valence-corrected chi connectivity index (χ2v) is 6.66. The lowest BCUT2D eigenvalue weighted by atomic mass is 9.97. The van der Waals surface area contributed by atoms with Gasteiger partial charge in [-0.3, -0.25) is 9.48 Å². The number of amides is 1. The van der Waals surface area contributed by atoms with Crippen molar-refractivity contribution in [2.45, 2.75) is 38.4 Å². The summed E-state index contributed by atoms with van der Waals surface area (Å²) in [5, 5.41) is 8.31.